The lowest BCUT2D eigenvalue weighted by Gasteiger charge is -2.20. The molecule has 1 amide bonds. The Labute approximate surface area is 114 Å². The first-order valence-corrected chi connectivity index (χ1v) is 6.39. The number of hydrogen-bond donors (Lipinski definition) is 2. The van der Waals surface area contributed by atoms with Crippen molar-refractivity contribution in [3.05, 3.63) is 17.5 Å². The minimum atomic E-state index is -0.492. The Morgan fingerprint density at radius 2 is 2.21 bits per heavy atom. The van der Waals surface area contributed by atoms with Gasteiger partial charge >= 0.3 is 6.09 Å². The van der Waals surface area contributed by atoms with Crippen molar-refractivity contribution in [2.75, 3.05) is 6.54 Å². The fourth-order valence-corrected chi connectivity index (χ4v) is 1.73. The van der Waals surface area contributed by atoms with Crippen LogP contribution in [0.3, 0.4) is 0 Å². The van der Waals surface area contributed by atoms with Crippen LogP contribution < -0.4 is 11.1 Å². The van der Waals surface area contributed by atoms with Gasteiger partial charge in [0.05, 0.1) is 5.69 Å². The fraction of sp³-hybridized carbons (Fsp3) is 0.692. The van der Waals surface area contributed by atoms with E-state index >= 15 is 0 Å². The van der Waals surface area contributed by atoms with Crippen LogP contribution in [-0.2, 0) is 18.2 Å². The molecule has 0 aliphatic carbocycles. The van der Waals surface area contributed by atoms with Crippen LogP contribution in [0, 0.1) is 6.92 Å². The molecule has 1 rings (SSSR count). The second-order valence-corrected chi connectivity index (χ2v) is 5.76. The number of ether oxygens (including phenoxy) is 1. The number of alkyl carbamates (subject to hydrolysis) is 1. The SMILES string of the molecule is Cc1nn(C)cc1CC(N)CNC(=O)OC(C)(C)C. The molecule has 0 radical (unpaired) electrons. The summed E-state index contributed by atoms with van der Waals surface area (Å²) in [5, 5.41) is 6.93. The van der Waals surface area contributed by atoms with Crippen LogP contribution in [0.1, 0.15) is 32.0 Å². The van der Waals surface area contributed by atoms with Crippen molar-refractivity contribution in [2.24, 2.45) is 12.8 Å². The number of hydrogen-bond acceptors (Lipinski definition) is 4. The van der Waals surface area contributed by atoms with Crippen molar-refractivity contribution < 1.29 is 9.53 Å². The summed E-state index contributed by atoms with van der Waals surface area (Å²) in [6.07, 6.45) is 2.18. The van der Waals surface area contributed by atoms with Crippen LogP contribution >= 0.6 is 0 Å². The smallest absolute Gasteiger partial charge is 0.407 e. The number of rotatable bonds is 4. The largest absolute Gasteiger partial charge is 0.444 e. The molecule has 0 saturated heterocycles. The lowest BCUT2D eigenvalue weighted by atomic mass is 10.1. The maximum absolute atomic E-state index is 11.5. The molecule has 1 unspecified atom stereocenters. The van der Waals surface area contributed by atoms with Crippen LogP contribution in [-0.4, -0.2) is 34.1 Å². The minimum Gasteiger partial charge on any atom is -0.444 e. The molecular formula is C13H24N4O2. The summed E-state index contributed by atoms with van der Waals surface area (Å²) in [5.74, 6) is 0. The molecule has 0 saturated carbocycles. The summed E-state index contributed by atoms with van der Waals surface area (Å²) in [6, 6.07) is -0.157. The van der Waals surface area contributed by atoms with E-state index in [0.29, 0.717) is 13.0 Å². The first-order chi connectivity index (χ1) is 8.67. The Morgan fingerprint density at radius 1 is 1.58 bits per heavy atom. The van der Waals surface area contributed by atoms with Gasteiger partial charge < -0.3 is 15.8 Å². The average Bonchev–Trinajstić information content (AvgIpc) is 2.52. The van der Waals surface area contributed by atoms with E-state index < -0.39 is 11.7 Å². The van der Waals surface area contributed by atoms with Gasteiger partial charge in [-0.15, -0.1) is 0 Å². The monoisotopic (exact) mass is 268 g/mol. The lowest BCUT2D eigenvalue weighted by molar-refractivity contribution is 0.0524. The standard InChI is InChI=1S/C13H24N4O2/c1-9-10(8-17(5)16-9)6-11(14)7-15-12(18)19-13(2,3)4/h8,11H,6-7,14H2,1-5H3,(H,15,18). The van der Waals surface area contributed by atoms with E-state index in [2.05, 4.69) is 10.4 Å². The quantitative estimate of drug-likeness (QED) is 0.857. The second kappa shape index (κ2) is 6.06. The highest BCUT2D eigenvalue weighted by Gasteiger charge is 2.17. The van der Waals surface area contributed by atoms with E-state index in [-0.39, 0.29) is 6.04 Å². The van der Waals surface area contributed by atoms with Crippen LogP contribution in [0.25, 0.3) is 0 Å². The lowest BCUT2D eigenvalue weighted by Crippen LogP contribution is -2.41. The maximum atomic E-state index is 11.5. The van der Waals surface area contributed by atoms with Gasteiger partial charge in [0.15, 0.2) is 0 Å². The third-order valence-corrected chi connectivity index (χ3v) is 2.50. The zero-order valence-corrected chi connectivity index (χ0v) is 12.4. The molecule has 6 heteroatoms. The van der Waals surface area contributed by atoms with Crippen molar-refractivity contribution in [2.45, 2.75) is 45.8 Å². The summed E-state index contributed by atoms with van der Waals surface area (Å²) in [6.45, 7) is 7.80. The van der Waals surface area contributed by atoms with E-state index in [1.165, 1.54) is 0 Å². The van der Waals surface area contributed by atoms with Crippen molar-refractivity contribution in [1.29, 1.82) is 0 Å². The Kier molecular flexibility index (Phi) is 4.94. The van der Waals surface area contributed by atoms with E-state index in [9.17, 15) is 4.79 Å². The van der Waals surface area contributed by atoms with Crippen molar-refractivity contribution in [3.63, 3.8) is 0 Å². The van der Waals surface area contributed by atoms with Crippen molar-refractivity contribution in [1.82, 2.24) is 15.1 Å². The molecule has 1 heterocycles. The van der Waals surface area contributed by atoms with E-state index in [1.54, 1.807) is 4.68 Å². The van der Waals surface area contributed by atoms with Gasteiger partial charge in [0, 0.05) is 25.8 Å². The van der Waals surface area contributed by atoms with E-state index in [1.807, 2.05) is 40.9 Å². The van der Waals surface area contributed by atoms with Crippen LogP contribution in [0.15, 0.2) is 6.20 Å². The average molecular weight is 268 g/mol. The summed E-state index contributed by atoms with van der Waals surface area (Å²) in [7, 11) is 1.88. The highest BCUT2D eigenvalue weighted by Crippen LogP contribution is 2.08. The van der Waals surface area contributed by atoms with Gasteiger partial charge in [0.2, 0.25) is 0 Å². The number of amides is 1. The van der Waals surface area contributed by atoms with Crippen LogP contribution in [0.5, 0.6) is 0 Å². The zero-order chi connectivity index (χ0) is 14.6. The number of aromatic nitrogens is 2. The highest BCUT2D eigenvalue weighted by atomic mass is 16.6. The summed E-state index contributed by atoms with van der Waals surface area (Å²) in [4.78, 5) is 11.5. The Balaban J connectivity index is 2.38. The van der Waals surface area contributed by atoms with Crippen LogP contribution in [0.2, 0.25) is 0 Å². The number of nitrogens with two attached hydrogens (primary N) is 1. The molecule has 108 valence electrons. The molecule has 1 atom stereocenters. The third kappa shape index (κ3) is 5.74. The van der Waals surface area contributed by atoms with Gasteiger partial charge in [-0.25, -0.2) is 4.79 Å². The minimum absolute atomic E-state index is 0.157. The topological polar surface area (TPSA) is 82.2 Å². The van der Waals surface area contributed by atoms with Crippen LogP contribution in [0.4, 0.5) is 4.79 Å². The van der Waals surface area contributed by atoms with Gasteiger partial charge in [0.1, 0.15) is 5.60 Å². The predicted octanol–water partition coefficient (Wildman–Crippen LogP) is 1.12. The number of nitrogens with one attached hydrogen (secondary N) is 1. The number of aryl methyl sites for hydroxylation is 2. The predicted molar refractivity (Wildman–Crippen MR) is 73.9 cm³/mol. The normalized spacial score (nSPS) is 13.2. The fourth-order valence-electron chi connectivity index (χ4n) is 1.73. The van der Waals surface area contributed by atoms with E-state index in [0.717, 1.165) is 11.3 Å². The van der Waals surface area contributed by atoms with Gasteiger partial charge in [-0.3, -0.25) is 4.68 Å². The molecule has 19 heavy (non-hydrogen) atoms. The van der Waals surface area contributed by atoms with Gasteiger partial charge in [0.25, 0.3) is 0 Å². The summed E-state index contributed by atoms with van der Waals surface area (Å²) < 4.78 is 6.91. The Hall–Kier alpha value is -1.56. The Bertz CT molecular complexity index is 434. The molecular weight excluding hydrogens is 244 g/mol. The molecule has 3 N–H and O–H groups in total. The van der Waals surface area contributed by atoms with Gasteiger partial charge in [-0.05, 0) is 39.7 Å². The number of nitrogens with zero attached hydrogens (tertiary/aromatic N) is 2. The molecule has 0 aromatic carbocycles. The molecule has 0 bridgehead atoms. The second-order valence-electron chi connectivity index (χ2n) is 5.76. The molecule has 0 aliphatic heterocycles. The zero-order valence-electron chi connectivity index (χ0n) is 12.4. The first-order valence-electron chi connectivity index (χ1n) is 6.39. The molecule has 1 aromatic heterocycles. The molecule has 0 aliphatic rings. The summed E-state index contributed by atoms with van der Waals surface area (Å²) >= 11 is 0. The summed E-state index contributed by atoms with van der Waals surface area (Å²) in [5.41, 5.74) is 7.56. The molecule has 6 nitrogen and oxygen atoms in total. The van der Waals surface area contributed by atoms with Crippen molar-refractivity contribution in [3.8, 4) is 0 Å². The number of carbonyl (C=O) groups is 1. The molecule has 0 fully saturated rings. The molecule has 1 aromatic rings. The highest BCUT2D eigenvalue weighted by molar-refractivity contribution is 5.67. The number of carbonyl (C=O) groups excluding carboxylic acids is 1. The third-order valence-electron chi connectivity index (χ3n) is 2.50. The van der Waals surface area contributed by atoms with Gasteiger partial charge in [-0.1, -0.05) is 0 Å². The van der Waals surface area contributed by atoms with Crippen molar-refractivity contribution >= 4 is 6.09 Å². The first kappa shape index (κ1) is 15.5. The molecule has 0 spiro atoms. The maximum Gasteiger partial charge on any atom is 0.407 e. The van der Waals surface area contributed by atoms with E-state index in [4.69, 9.17) is 10.5 Å². The van der Waals surface area contributed by atoms with Gasteiger partial charge in [-0.2, -0.15) is 5.10 Å². The Morgan fingerprint density at radius 3 is 2.68 bits per heavy atom.